The summed E-state index contributed by atoms with van der Waals surface area (Å²) in [6.45, 7) is 9.55. The fourth-order valence-electron chi connectivity index (χ4n) is 4.56. The minimum absolute atomic E-state index is 0.0166. The zero-order chi connectivity index (χ0) is 27.7. The molecular formula is C26H32N8O5. The van der Waals surface area contributed by atoms with E-state index in [4.69, 9.17) is 14.5 Å². The van der Waals surface area contributed by atoms with Gasteiger partial charge in [-0.25, -0.2) is 19.7 Å². The Morgan fingerprint density at radius 1 is 1.15 bits per heavy atom. The largest absolute Gasteiger partial charge is 0.474 e. The molecule has 0 radical (unpaired) electrons. The molecule has 3 aromatic heterocycles. The van der Waals surface area contributed by atoms with Crippen molar-refractivity contribution in [2.24, 2.45) is 0 Å². The summed E-state index contributed by atoms with van der Waals surface area (Å²) >= 11 is 0. The first-order chi connectivity index (χ1) is 18.6. The number of fused-ring (bicyclic) bond motifs is 2. The molecule has 39 heavy (non-hydrogen) atoms. The maximum Gasteiger partial charge on any atom is 0.415 e. The molecule has 1 amide bonds. The van der Waals surface area contributed by atoms with Crippen molar-refractivity contribution in [3.8, 4) is 5.88 Å². The number of aromatic nitrogens is 5. The number of carbonyl (C=O) groups is 2. The van der Waals surface area contributed by atoms with E-state index in [0.717, 1.165) is 35.5 Å². The van der Waals surface area contributed by atoms with Crippen LogP contribution in [0.15, 0.2) is 24.8 Å². The number of amides is 1. The maximum absolute atomic E-state index is 13.0. The Hall–Kier alpha value is -4.42. The summed E-state index contributed by atoms with van der Waals surface area (Å²) in [7, 11) is 1.34. The Balaban J connectivity index is 1.36. The lowest BCUT2D eigenvalue weighted by atomic mass is 10.0. The molecule has 5 heterocycles. The predicted octanol–water partition coefficient (Wildman–Crippen LogP) is 2.99. The molecule has 0 atom stereocenters. The molecule has 0 bridgehead atoms. The molecule has 1 N–H and O–H groups in total. The summed E-state index contributed by atoms with van der Waals surface area (Å²) in [6.07, 6.45) is 7.24. The molecule has 0 spiro atoms. The predicted molar refractivity (Wildman–Crippen MR) is 142 cm³/mol. The highest BCUT2D eigenvalue weighted by atomic mass is 16.6. The molecule has 0 unspecified atom stereocenters. The number of pyridine rings is 1. The van der Waals surface area contributed by atoms with E-state index >= 15 is 0 Å². The number of anilines is 4. The molecule has 2 aliphatic heterocycles. The van der Waals surface area contributed by atoms with E-state index in [9.17, 15) is 9.59 Å². The van der Waals surface area contributed by atoms with Crippen molar-refractivity contribution in [2.75, 3.05) is 41.9 Å². The highest BCUT2D eigenvalue weighted by molar-refractivity contribution is 5.92. The van der Waals surface area contributed by atoms with Gasteiger partial charge in [0, 0.05) is 24.5 Å². The Morgan fingerprint density at radius 3 is 2.74 bits per heavy atom. The highest BCUT2D eigenvalue weighted by Crippen LogP contribution is 2.39. The first-order valence-electron chi connectivity index (χ1n) is 12.7. The molecule has 0 aliphatic carbocycles. The topological polar surface area (TPSA) is 137 Å². The number of hydrogen-bond acceptors (Lipinski definition) is 11. The van der Waals surface area contributed by atoms with Gasteiger partial charge in [0.05, 0.1) is 49.7 Å². The fraction of sp³-hybridized carbons (Fsp3) is 0.462. The first-order valence-corrected chi connectivity index (χ1v) is 12.7. The summed E-state index contributed by atoms with van der Waals surface area (Å²) in [4.78, 5) is 42.0. The number of nitrogens with one attached hydrogen (secondary N) is 1. The third-order valence-electron chi connectivity index (χ3n) is 6.38. The zero-order valence-electron chi connectivity index (χ0n) is 22.7. The number of hydrogen-bond donors (Lipinski definition) is 1. The van der Waals surface area contributed by atoms with Crippen molar-refractivity contribution in [1.29, 1.82) is 0 Å². The summed E-state index contributed by atoms with van der Waals surface area (Å²) in [5, 5.41) is 7.30. The van der Waals surface area contributed by atoms with Crippen LogP contribution in [0.3, 0.4) is 0 Å². The molecule has 13 nitrogen and oxygen atoms in total. The molecule has 3 aromatic rings. The van der Waals surface area contributed by atoms with Gasteiger partial charge in [0.25, 0.3) is 0 Å². The van der Waals surface area contributed by atoms with E-state index in [2.05, 4.69) is 30.0 Å². The lowest BCUT2D eigenvalue weighted by Gasteiger charge is -2.35. The molecule has 0 saturated heterocycles. The van der Waals surface area contributed by atoms with E-state index in [1.807, 2.05) is 33.9 Å². The third kappa shape index (κ3) is 5.71. The second-order valence-corrected chi connectivity index (χ2v) is 10.4. The normalized spacial score (nSPS) is 14.7. The number of methoxy groups -OCH3 is 1. The van der Waals surface area contributed by atoms with Crippen LogP contribution in [0.25, 0.3) is 0 Å². The lowest BCUT2D eigenvalue weighted by Crippen LogP contribution is -2.42. The Kier molecular flexibility index (Phi) is 6.98. The van der Waals surface area contributed by atoms with Crippen LogP contribution in [0.2, 0.25) is 0 Å². The third-order valence-corrected chi connectivity index (χ3v) is 6.38. The molecule has 2 aliphatic rings. The molecular weight excluding hydrogens is 504 g/mol. The molecule has 0 saturated carbocycles. The van der Waals surface area contributed by atoms with Crippen LogP contribution >= 0.6 is 0 Å². The van der Waals surface area contributed by atoms with Crippen molar-refractivity contribution < 1.29 is 23.8 Å². The molecule has 13 heteroatoms. The van der Waals surface area contributed by atoms with Gasteiger partial charge in [0.15, 0.2) is 0 Å². The number of esters is 1. The van der Waals surface area contributed by atoms with Gasteiger partial charge in [-0.05, 0) is 39.7 Å². The van der Waals surface area contributed by atoms with E-state index in [0.29, 0.717) is 42.9 Å². The number of carbonyl (C=O) groups excluding carboxylic acids is 2. The second kappa shape index (κ2) is 10.4. The van der Waals surface area contributed by atoms with Crippen LogP contribution in [0.4, 0.5) is 27.8 Å². The average molecular weight is 537 g/mol. The number of nitrogens with zero attached hydrogens (tertiary/aromatic N) is 7. The zero-order valence-corrected chi connectivity index (χ0v) is 22.7. The summed E-state index contributed by atoms with van der Waals surface area (Å²) in [5.74, 6) is 0.466. The van der Waals surface area contributed by atoms with E-state index < -0.39 is 11.7 Å². The lowest BCUT2D eigenvalue weighted by molar-refractivity contribution is -0.141. The van der Waals surface area contributed by atoms with Gasteiger partial charge in [-0.3, -0.25) is 14.4 Å². The number of rotatable bonds is 5. The van der Waals surface area contributed by atoms with Crippen LogP contribution in [-0.4, -0.2) is 69.2 Å². The van der Waals surface area contributed by atoms with Crippen LogP contribution in [0.5, 0.6) is 5.88 Å². The fourth-order valence-corrected chi connectivity index (χ4v) is 4.56. The van der Waals surface area contributed by atoms with Crippen LogP contribution in [0.1, 0.15) is 37.6 Å². The smallest absolute Gasteiger partial charge is 0.415 e. The van der Waals surface area contributed by atoms with E-state index in [-0.39, 0.29) is 12.5 Å². The average Bonchev–Trinajstić information content (AvgIpc) is 3.33. The Morgan fingerprint density at radius 2 is 1.97 bits per heavy atom. The van der Waals surface area contributed by atoms with Crippen molar-refractivity contribution in [3.05, 3.63) is 41.6 Å². The van der Waals surface area contributed by atoms with Crippen molar-refractivity contribution in [2.45, 2.75) is 52.8 Å². The van der Waals surface area contributed by atoms with Crippen molar-refractivity contribution in [1.82, 2.24) is 24.7 Å². The van der Waals surface area contributed by atoms with E-state index in [1.54, 1.807) is 23.5 Å². The van der Waals surface area contributed by atoms with Gasteiger partial charge in [0.2, 0.25) is 11.8 Å². The van der Waals surface area contributed by atoms with Crippen LogP contribution in [-0.2, 0) is 33.8 Å². The van der Waals surface area contributed by atoms with Gasteiger partial charge >= 0.3 is 12.1 Å². The molecule has 0 fully saturated rings. The monoisotopic (exact) mass is 536 g/mol. The molecule has 206 valence electrons. The van der Waals surface area contributed by atoms with E-state index in [1.165, 1.54) is 11.8 Å². The van der Waals surface area contributed by atoms with Gasteiger partial charge in [-0.1, -0.05) is 0 Å². The number of ether oxygens (including phenoxy) is 3. The van der Waals surface area contributed by atoms with Crippen LogP contribution < -0.4 is 19.9 Å². The van der Waals surface area contributed by atoms with Gasteiger partial charge in [0.1, 0.15) is 24.4 Å². The minimum atomic E-state index is -0.615. The first kappa shape index (κ1) is 26.2. The minimum Gasteiger partial charge on any atom is -0.474 e. The molecule has 5 rings (SSSR count). The summed E-state index contributed by atoms with van der Waals surface area (Å²) in [6, 6.07) is 0. The SMILES string of the molecule is COC(=O)Cn1cc(Nc2ncc3c(n2)CN(c2cnc4c(c2C)N(C(=O)OC(C)(C)C)CCO4)CC3)cn1. The highest BCUT2D eigenvalue weighted by Gasteiger charge is 2.32. The van der Waals surface area contributed by atoms with Gasteiger partial charge < -0.3 is 24.4 Å². The van der Waals surface area contributed by atoms with Crippen molar-refractivity contribution in [3.63, 3.8) is 0 Å². The maximum atomic E-state index is 13.0. The van der Waals surface area contributed by atoms with Gasteiger partial charge in [-0.15, -0.1) is 0 Å². The summed E-state index contributed by atoms with van der Waals surface area (Å²) < 4.78 is 17.6. The Bertz CT molecular complexity index is 1400. The standard InChI is InChI=1S/C26H32N8O5/c1-16-20(12-27-23-22(16)34(8-9-38-23)25(36)39-26(2,3)4)32-7-6-17-10-28-24(31-19(17)14-32)30-18-11-29-33(13-18)15-21(35)37-5/h10-13H,6-9,14-15H2,1-5H3,(H,28,30,31). The van der Waals surface area contributed by atoms with Crippen molar-refractivity contribution >= 4 is 35.1 Å². The second-order valence-electron chi connectivity index (χ2n) is 10.4. The quantitative estimate of drug-likeness (QED) is 0.482. The Labute approximate surface area is 226 Å². The van der Waals surface area contributed by atoms with Crippen LogP contribution in [0, 0.1) is 6.92 Å². The summed E-state index contributed by atoms with van der Waals surface area (Å²) in [5.41, 5.74) is 4.42. The van der Waals surface area contributed by atoms with Gasteiger partial charge in [-0.2, -0.15) is 5.10 Å². The molecule has 0 aromatic carbocycles.